The predicted molar refractivity (Wildman–Crippen MR) is 68.6 cm³/mol. The molecule has 0 aromatic heterocycles. The van der Waals surface area contributed by atoms with Gasteiger partial charge < -0.3 is 11.1 Å². The van der Waals surface area contributed by atoms with E-state index in [1.54, 1.807) is 0 Å². The second kappa shape index (κ2) is 5.32. The van der Waals surface area contributed by atoms with Crippen molar-refractivity contribution in [2.24, 2.45) is 5.73 Å². The van der Waals surface area contributed by atoms with Crippen LogP contribution in [-0.4, -0.2) is 11.9 Å². The zero-order valence-electron chi connectivity index (χ0n) is 10.3. The molecule has 0 aliphatic heterocycles. The minimum atomic E-state index is -0.251. The number of hydrogen-bond acceptors (Lipinski definition) is 2. The number of fused-ring (bicyclic) bond motifs is 1. The van der Waals surface area contributed by atoms with Gasteiger partial charge in [0, 0.05) is 19.0 Å². The fourth-order valence-electron chi connectivity index (χ4n) is 2.40. The van der Waals surface area contributed by atoms with Gasteiger partial charge in [-0.25, -0.2) is 0 Å². The van der Waals surface area contributed by atoms with Gasteiger partial charge in [-0.05, 0) is 42.9 Å². The molecular formula is C14H20N2O. The van der Waals surface area contributed by atoms with E-state index in [1.807, 2.05) is 6.92 Å². The quantitative estimate of drug-likeness (QED) is 0.809. The van der Waals surface area contributed by atoms with Gasteiger partial charge in [0.15, 0.2) is 0 Å². The van der Waals surface area contributed by atoms with Crippen LogP contribution >= 0.6 is 0 Å². The monoisotopic (exact) mass is 232 g/mol. The first-order chi connectivity index (χ1) is 8.15. The summed E-state index contributed by atoms with van der Waals surface area (Å²) in [6, 6.07) is 6.83. The summed E-state index contributed by atoms with van der Waals surface area (Å²) >= 11 is 0. The van der Waals surface area contributed by atoms with Crippen LogP contribution in [0.5, 0.6) is 0 Å². The molecule has 1 aromatic carbocycles. The third kappa shape index (κ3) is 3.30. The average Bonchev–Trinajstić information content (AvgIpc) is 2.72. The summed E-state index contributed by atoms with van der Waals surface area (Å²) in [6.45, 7) is 2.79. The van der Waals surface area contributed by atoms with Gasteiger partial charge in [0.25, 0.3) is 0 Å². The molecule has 1 atom stereocenters. The number of primary amides is 1. The topological polar surface area (TPSA) is 55.1 Å². The first-order valence-corrected chi connectivity index (χ1v) is 6.27. The molecule has 0 heterocycles. The highest BCUT2D eigenvalue weighted by Crippen LogP contribution is 2.22. The number of carbonyl (C=O) groups is 1. The smallest absolute Gasteiger partial charge is 0.218 e. The van der Waals surface area contributed by atoms with Crippen LogP contribution < -0.4 is 11.1 Å². The molecule has 0 fully saturated rings. The maximum atomic E-state index is 10.8. The molecule has 92 valence electrons. The second-order valence-electron chi connectivity index (χ2n) is 4.91. The van der Waals surface area contributed by atoms with Crippen molar-refractivity contribution >= 4 is 5.91 Å². The third-order valence-electron chi connectivity index (χ3n) is 3.32. The lowest BCUT2D eigenvalue weighted by Gasteiger charge is -2.12. The summed E-state index contributed by atoms with van der Waals surface area (Å²) in [7, 11) is 0. The number of carbonyl (C=O) groups excluding carboxylic acids is 1. The Labute approximate surface area is 102 Å². The maximum absolute atomic E-state index is 10.8. The number of nitrogens with one attached hydrogen (secondary N) is 1. The van der Waals surface area contributed by atoms with Gasteiger partial charge in [-0.15, -0.1) is 0 Å². The molecule has 0 saturated heterocycles. The molecule has 0 saturated carbocycles. The molecule has 3 nitrogen and oxygen atoms in total. The Hall–Kier alpha value is -1.35. The zero-order valence-corrected chi connectivity index (χ0v) is 10.3. The van der Waals surface area contributed by atoms with E-state index in [0.29, 0.717) is 6.42 Å². The van der Waals surface area contributed by atoms with Crippen molar-refractivity contribution in [3.63, 3.8) is 0 Å². The summed E-state index contributed by atoms with van der Waals surface area (Å²) in [5.41, 5.74) is 9.44. The predicted octanol–water partition coefficient (Wildman–Crippen LogP) is 1.53. The van der Waals surface area contributed by atoms with E-state index in [9.17, 15) is 4.79 Å². The fourth-order valence-corrected chi connectivity index (χ4v) is 2.40. The van der Waals surface area contributed by atoms with E-state index in [0.717, 1.165) is 6.54 Å². The van der Waals surface area contributed by atoms with Crippen LogP contribution in [0.25, 0.3) is 0 Å². The third-order valence-corrected chi connectivity index (χ3v) is 3.32. The number of nitrogens with two attached hydrogens (primary N) is 1. The van der Waals surface area contributed by atoms with Crippen molar-refractivity contribution in [3.8, 4) is 0 Å². The van der Waals surface area contributed by atoms with Gasteiger partial charge in [-0.2, -0.15) is 0 Å². The first kappa shape index (κ1) is 12.1. The molecule has 1 unspecified atom stereocenters. The number of aryl methyl sites for hydroxylation is 2. The Morgan fingerprint density at radius 3 is 2.94 bits per heavy atom. The lowest BCUT2D eigenvalue weighted by Crippen LogP contribution is -2.30. The van der Waals surface area contributed by atoms with Gasteiger partial charge in [0.2, 0.25) is 5.91 Å². The molecule has 1 amide bonds. The maximum Gasteiger partial charge on any atom is 0.218 e. The molecule has 1 aliphatic carbocycles. The Morgan fingerprint density at radius 1 is 1.41 bits per heavy atom. The Balaban J connectivity index is 1.89. The average molecular weight is 232 g/mol. The van der Waals surface area contributed by atoms with Crippen LogP contribution in [0.4, 0.5) is 0 Å². The summed E-state index contributed by atoms with van der Waals surface area (Å²) < 4.78 is 0. The fraction of sp³-hybridized carbons (Fsp3) is 0.500. The van der Waals surface area contributed by atoms with Crippen LogP contribution in [-0.2, 0) is 24.2 Å². The van der Waals surface area contributed by atoms with Gasteiger partial charge in [-0.1, -0.05) is 18.2 Å². The van der Waals surface area contributed by atoms with Gasteiger partial charge in [0.1, 0.15) is 0 Å². The molecule has 0 spiro atoms. The zero-order chi connectivity index (χ0) is 12.3. The summed E-state index contributed by atoms with van der Waals surface area (Å²) in [4.78, 5) is 10.8. The first-order valence-electron chi connectivity index (χ1n) is 6.27. The normalized spacial score (nSPS) is 15.6. The van der Waals surface area contributed by atoms with Crippen LogP contribution in [0.2, 0.25) is 0 Å². The number of hydrogen-bond donors (Lipinski definition) is 2. The highest BCUT2D eigenvalue weighted by atomic mass is 16.1. The van der Waals surface area contributed by atoms with E-state index in [2.05, 4.69) is 23.5 Å². The minimum Gasteiger partial charge on any atom is -0.370 e. The van der Waals surface area contributed by atoms with E-state index in [1.165, 1.54) is 36.0 Å². The van der Waals surface area contributed by atoms with E-state index in [4.69, 9.17) is 5.73 Å². The Morgan fingerprint density at radius 2 is 2.18 bits per heavy atom. The van der Waals surface area contributed by atoms with Crippen LogP contribution in [0, 0.1) is 0 Å². The summed E-state index contributed by atoms with van der Waals surface area (Å²) in [6.07, 6.45) is 4.11. The second-order valence-corrected chi connectivity index (χ2v) is 4.91. The van der Waals surface area contributed by atoms with Crippen molar-refractivity contribution in [1.82, 2.24) is 5.32 Å². The van der Waals surface area contributed by atoms with Crippen molar-refractivity contribution in [1.29, 1.82) is 0 Å². The Kier molecular flexibility index (Phi) is 3.79. The Bertz CT molecular complexity index is 415. The van der Waals surface area contributed by atoms with Gasteiger partial charge in [0.05, 0.1) is 0 Å². The molecule has 17 heavy (non-hydrogen) atoms. The molecule has 0 bridgehead atoms. The van der Waals surface area contributed by atoms with Crippen LogP contribution in [0.1, 0.15) is 36.5 Å². The summed E-state index contributed by atoms with van der Waals surface area (Å²) in [5, 5.41) is 3.32. The molecule has 1 aromatic rings. The number of benzene rings is 1. The van der Waals surface area contributed by atoms with Crippen molar-refractivity contribution in [2.45, 2.75) is 45.2 Å². The molecule has 2 rings (SSSR count). The minimum absolute atomic E-state index is 0.140. The summed E-state index contributed by atoms with van der Waals surface area (Å²) in [5.74, 6) is -0.251. The molecule has 1 aliphatic rings. The lowest BCUT2D eigenvalue weighted by molar-refractivity contribution is -0.118. The van der Waals surface area contributed by atoms with E-state index in [-0.39, 0.29) is 11.9 Å². The highest BCUT2D eigenvalue weighted by Gasteiger charge is 2.11. The van der Waals surface area contributed by atoms with Gasteiger partial charge in [-0.3, -0.25) is 4.79 Å². The SMILES string of the molecule is CC(CC(N)=O)NCc1ccc2c(c1)CCC2. The molecule has 3 heteroatoms. The van der Waals surface area contributed by atoms with E-state index >= 15 is 0 Å². The van der Waals surface area contributed by atoms with Crippen LogP contribution in [0.3, 0.4) is 0 Å². The largest absolute Gasteiger partial charge is 0.370 e. The van der Waals surface area contributed by atoms with Crippen molar-refractivity contribution in [2.75, 3.05) is 0 Å². The number of rotatable bonds is 5. The van der Waals surface area contributed by atoms with Crippen molar-refractivity contribution in [3.05, 3.63) is 34.9 Å². The standard InChI is InChI=1S/C14H20N2O/c1-10(7-14(15)17)16-9-11-5-6-12-3-2-4-13(12)8-11/h5-6,8,10,16H,2-4,7,9H2,1H3,(H2,15,17). The number of amides is 1. The van der Waals surface area contributed by atoms with Gasteiger partial charge >= 0.3 is 0 Å². The lowest BCUT2D eigenvalue weighted by atomic mass is 10.1. The van der Waals surface area contributed by atoms with E-state index < -0.39 is 0 Å². The molecular weight excluding hydrogens is 212 g/mol. The van der Waals surface area contributed by atoms with Crippen LogP contribution in [0.15, 0.2) is 18.2 Å². The van der Waals surface area contributed by atoms with Crippen molar-refractivity contribution < 1.29 is 4.79 Å². The molecule has 3 N–H and O–H groups in total. The molecule has 0 radical (unpaired) electrons. The highest BCUT2D eigenvalue weighted by molar-refractivity contribution is 5.74.